The summed E-state index contributed by atoms with van der Waals surface area (Å²) < 4.78 is 41.0. The van der Waals surface area contributed by atoms with E-state index in [-0.39, 0.29) is 29.8 Å². The summed E-state index contributed by atoms with van der Waals surface area (Å²) in [5, 5.41) is 12.7. The van der Waals surface area contributed by atoms with Crippen molar-refractivity contribution in [1.82, 2.24) is 20.2 Å². The van der Waals surface area contributed by atoms with Gasteiger partial charge >= 0.3 is 0 Å². The summed E-state index contributed by atoms with van der Waals surface area (Å²) in [5.74, 6) is -1.34. The number of hydrogen-bond donors (Lipinski definition) is 4. The molecule has 1 saturated carbocycles. The van der Waals surface area contributed by atoms with Gasteiger partial charge in [0.1, 0.15) is 10.7 Å². The van der Waals surface area contributed by atoms with Crippen LogP contribution in [0.25, 0.3) is 0 Å². The lowest BCUT2D eigenvalue weighted by atomic mass is 10.1. The molecule has 2 heterocycles. The van der Waals surface area contributed by atoms with Crippen molar-refractivity contribution in [1.29, 1.82) is 0 Å². The second kappa shape index (κ2) is 7.55. The van der Waals surface area contributed by atoms with Gasteiger partial charge in [0.15, 0.2) is 5.69 Å². The van der Waals surface area contributed by atoms with E-state index in [2.05, 4.69) is 25.6 Å². The molecule has 2 aromatic rings. The highest BCUT2D eigenvalue weighted by Gasteiger charge is 2.30. The maximum atomic E-state index is 14.0. The van der Waals surface area contributed by atoms with E-state index >= 15 is 0 Å². The maximum Gasteiger partial charge on any atom is 0.276 e. The summed E-state index contributed by atoms with van der Waals surface area (Å²) in [5.41, 5.74) is 2.13. The molecule has 1 fully saturated rings. The van der Waals surface area contributed by atoms with Crippen LogP contribution < -0.4 is 15.4 Å². The Morgan fingerprint density at radius 3 is 2.81 bits per heavy atom. The Hall–Kier alpha value is -2.01. The van der Waals surface area contributed by atoms with Crippen LogP contribution in [0.15, 0.2) is 23.1 Å². The molecule has 146 valence electrons. The Labute approximate surface area is 161 Å². The largest absolute Gasteiger partial charge is 0.321 e. The highest BCUT2D eigenvalue weighted by molar-refractivity contribution is 7.89. The summed E-state index contributed by atoms with van der Waals surface area (Å²) in [6.45, 7) is 1.34. The van der Waals surface area contributed by atoms with Gasteiger partial charge in [0.05, 0.1) is 0 Å². The molecular weight excluding hydrogens is 397 g/mol. The first-order chi connectivity index (χ1) is 12.4. The van der Waals surface area contributed by atoms with Gasteiger partial charge in [-0.1, -0.05) is 0 Å². The average molecular weight is 416 g/mol. The molecular formula is C16H19ClFN5O3S. The van der Waals surface area contributed by atoms with Crippen molar-refractivity contribution in [3.63, 3.8) is 0 Å². The van der Waals surface area contributed by atoms with Crippen LogP contribution in [0.2, 0.25) is 0 Å². The number of aromatic amines is 1. The number of carbonyl (C=O) groups is 1. The van der Waals surface area contributed by atoms with E-state index in [0.717, 1.165) is 49.2 Å². The lowest BCUT2D eigenvalue weighted by molar-refractivity contribution is 0.102. The Balaban J connectivity index is 0.00000210. The number of hydrogen-bond acceptors (Lipinski definition) is 5. The summed E-state index contributed by atoms with van der Waals surface area (Å²) in [7, 11) is -3.96. The monoisotopic (exact) mass is 415 g/mol. The zero-order chi connectivity index (χ0) is 18.3. The van der Waals surface area contributed by atoms with Crippen molar-refractivity contribution in [3.05, 3.63) is 41.0 Å². The average Bonchev–Trinajstić information content (AvgIpc) is 3.30. The fraction of sp³-hybridized carbons (Fsp3) is 0.375. The minimum absolute atomic E-state index is 0. The van der Waals surface area contributed by atoms with Crippen molar-refractivity contribution in [2.75, 3.05) is 11.9 Å². The van der Waals surface area contributed by atoms with Crippen LogP contribution in [0, 0.1) is 5.82 Å². The molecule has 1 amide bonds. The van der Waals surface area contributed by atoms with E-state index in [0.29, 0.717) is 6.54 Å². The number of rotatable bonds is 5. The van der Waals surface area contributed by atoms with Crippen molar-refractivity contribution in [3.8, 4) is 0 Å². The molecule has 27 heavy (non-hydrogen) atoms. The Morgan fingerprint density at radius 2 is 2.07 bits per heavy atom. The molecule has 1 aromatic heterocycles. The number of nitrogens with zero attached hydrogens (tertiary/aromatic N) is 1. The SMILES string of the molecule is Cl.O=C(Nc1ccc(F)c(S(=O)(=O)NC2CC2)c1)c1n[nH]c2c1CNCC2. The number of halogens is 2. The summed E-state index contributed by atoms with van der Waals surface area (Å²) in [6.07, 6.45) is 2.24. The number of fused-ring (bicyclic) bond motifs is 1. The van der Waals surface area contributed by atoms with Crippen LogP contribution >= 0.6 is 12.4 Å². The second-order valence-corrected chi connectivity index (χ2v) is 8.13. The van der Waals surface area contributed by atoms with Crippen LogP contribution in [0.1, 0.15) is 34.6 Å². The van der Waals surface area contributed by atoms with Crippen molar-refractivity contribution < 1.29 is 17.6 Å². The number of aromatic nitrogens is 2. The van der Waals surface area contributed by atoms with E-state index in [1.54, 1.807) is 0 Å². The molecule has 4 N–H and O–H groups in total. The Kier molecular flexibility index (Phi) is 5.52. The van der Waals surface area contributed by atoms with Crippen LogP contribution in [-0.4, -0.2) is 37.1 Å². The molecule has 0 bridgehead atoms. The molecule has 11 heteroatoms. The first kappa shape index (κ1) is 19.7. The van der Waals surface area contributed by atoms with E-state index in [9.17, 15) is 17.6 Å². The first-order valence-corrected chi connectivity index (χ1v) is 9.82. The molecule has 0 radical (unpaired) electrons. The highest BCUT2D eigenvalue weighted by Crippen LogP contribution is 2.25. The van der Waals surface area contributed by atoms with E-state index in [1.807, 2.05) is 0 Å². The van der Waals surface area contributed by atoms with E-state index in [1.165, 1.54) is 6.07 Å². The zero-order valence-electron chi connectivity index (χ0n) is 14.2. The van der Waals surface area contributed by atoms with Gasteiger partial charge in [-0.2, -0.15) is 5.10 Å². The van der Waals surface area contributed by atoms with Gasteiger partial charge in [0.25, 0.3) is 5.91 Å². The number of amides is 1. The molecule has 1 aliphatic carbocycles. The Bertz CT molecular complexity index is 974. The minimum Gasteiger partial charge on any atom is -0.321 e. The lowest BCUT2D eigenvalue weighted by Gasteiger charge is -2.13. The Morgan fingerprint density at radius 1 is 1.30 bits per heavy atom. The lowest BCUT2D eigenvalue weighted by Crippen LogP contribution is -2.27. The predicted octanol–water partition coefficient (Wildman–Crippen LogP) is 1.31. The summed E-state index contributed by atoms with van der Waals surface area (Å²) in [4.78, 5) is 12.0. The summed E-state index contributed by atoms with van der Waals surface area (Å²) >= 11 is 0. The van der Waals surface area contributed by atoms with Gasteiger partial charge in [0.2, 0.25) is 10.0 Å². The van der Waals surface area contributed by atoms with E-state index in [4.69, 9.17) is 0 Å². The van der Waals surface area contributed by atoms with Gasteiger partial charge in [-0.25, -0.2) is 17.5 Å². The van der Waals surface area contributed by atoms with Gasteiger partial charge in [-0.3, -0.25) is 9.89 Å². The van der Waals surface area contributed by atoms with Crippen LogP contribution in [0.3, 0.4) is 0 Å². The van der Waals surface area contributed by atoms with Crippen LogP contribution in [0.5, 0.6) is 0 Å². The molecule has 0 unspecified atom stereocenters. The van der Waals surface area contributed by atoms with Gasteiger partial charge in [0, 0.05) is 42.5 Å². The molecule has 1 aromatic carbocycles. The number of H-pyrrole nitrogens is 1. The summed E-state index contributed by atoms with van der Waals surface area (Å²) in [6, 6.07) is 3.33. The zero-order valence-corrected chi connectivity index (χ0v) is 15.8. The minimum atomic E-state index is -3.96. The van der Waals surface area contributed by atoms with Crippen molar-refractivity contribution in [2.24, 2.45) is 0 Å². The molecule has 4 rings (SSSR count). The quantitative estimate of drug-likeness (QED) is 0.587. The predicted molar refractivity (Wildman–Crippen MR) is 98.9 cm³/mol. The number of anilines is 1. The van der Waals surface area contributed by atoms with Gasteiger partial charge in [-0.15, -0.1) is 12.4 Å². The number of carbonyl (C=O) groups excluding carboxylic acids is 1. The van der Waals surface area contributed by atoms with Crippen LogP contribution in [0.4, 0.5) is 10.1 Å². The molecule has 0 saturated heterocycles. The second-order valence-electron chi connectivity index (χ2n) is 6.45. The third-order valence-corrected chi connectivity index (χ3v) is 5.93. The molecule has 2 aliphatic rings. The molecule has 1 aliphatic heterocycles. The third kappa shape index (κ3) is 4.13. The third-order valence-electron chi connectivity index (χ3n) is 4.40. The van der Waals surface area contributed by atoms with Gasteiger partial charge in [-0.05, 0) is 31.0 Å². The standard InChI is InChI=1S/C16H18FN5O3S.ClH/c17-12-4-3-10(7-14(12)26(24,25)22-9-1-2-9)19-16(23)15-11-8-18-6-5-13(11)20-21-15;/h3-4,7,9,18,22H,1-2,5-6,8H2,(H,19,23)(H,20,21);1H. The van der Waals surface area contributed by atoms with E-state index < -0.39 is 26.6 Å². The van der Waals surface area contributed by atoms with Crippen molar-refractivity contribution >= 4 is 34.0 Å². The topological polar surface area (TPSA) is 116 Å². The first-order valence-electron chi connectivity index (χ1n) is 8.34. The highest BCUT2D eigenvalue weighted by atomic mass is 35.5. The van der Waals surface area contributed by atoms with Gasteiger partial charge < -0.3 is 10.6 Å². The number of benzene rings is 1. The van der Waals surface area contributed by atoms with Crippen LogP contribution in [-0.2, 0) is 23.0 Å². The molecule has 0 atom stereocenters. The molecule has 0 spiro atoms. The maximum absolute atomic E-state index is 14.0. The molecule has 8 nitrogen and oxygen atoms in total. The fourth-order valence-electron chi connectivity index (χ4n) is 2.87. The number of nitrogens with one attached hydrogen (secondary N) is 4. The normalized spacial score (nSPS) is 16.3. The van der Waals surface area contributed by atoms with Crippen molar-refractivity contribution in [2.45, 2.75) is 36.7 Å². The fourth-order valence-corrected chi connectivity index (χ4v) is 4.28. The smallest absolute Gasteiger partial charge is 0.276 e. The number of sulfonamides is 1.